The summed E-state index contributed by atoms with van der Waals surface area (Å²) >= 11 is 0. The molecule has 1 aromatic carbocycles. The third-order valence-corrected chi connectivity index (χ3v) is 2.33. The molecule has 1 atom stereocenters. The van der Waals surface area contributed by atoms with Crippen LogP contribution in [0.5, 0.6) is 0 Å². The second-order valence-corrected chi connectivity index (χ2v) is 4.26. The van der Waals surface area contributed by atoms with Crippen molar-refractivity contribution in [2.45, 2.75) is 27.2 Å². The van der Waals surface area contributed by atoms with Crippen LogP contribution in [-0.2, 0) is 0 Å². The minimum Gasteiger partial charge on any atom is -0.294 e. The minimum atomic E-state index is 0.136. The maximum Gasteiger partial charge on any atom is 0.165 e. The Hall–Kier alpha value is -1.11. The molecule has 0 radical (unpaired) electrons. The second kappa shape index (κ2) is 4.94. The van der Waals surface area contributed by atoms with Crippen molar-refractivity contribution in [1.82, 2.24) is 0 Å². The van der Waals surface area contributed by atoms with Crippen LogP contribution in [0.3, 0.4) is 0 Å². The van der Waals surface area contributed by atoms with Gasteiger partial charge in [-0.2, -0.15) is 0 Å². The van der Waals surface area contributed by atoms with Gasteiger partial charge < -0.3 is 0 Å². The molecule has 1 aromatic rings. The molecule has 14 heavy (non-hydrogen) atoms. The van der Waals surface area contributed by atoms with Gasteiger partial charge in [0.1, 0.15) is 0 Å². The summed E-state index contributed by atoms with van der Waals surface area (Å²) in [6.07, 6.45) is 0.966. The Morgan fingerprint density at radius 2 is 1.71 bits per heavy atom. The normalized spacial score (nSPS) is 12.9. The average Bonchev–Trinajstić information content (AvgIpc) is 2.17. The Labute approximate surface area is 86.1 Å². The molecular weight excluding hydrogens is 172 g/mol. The van der Waals surface area contributed by atoms with Gasteiger partial charge in [0.2, 0.25) is 0 Å². The molecule has 0 bridgehead atoms. The molecule has 0 saturated carbocycles. The van der Waals surface area contributed by atoms with Crippen LogP contribution in [0.15, 0.2) is 30.3 Å². The van der Waals surface area contributed by atoms with Gasteiger partial charge in [-0.25, -0.2) is 0 Å². The van der Waals surface area contributed by atoms with Crippen molar-refractivity contribution in [3.63, 3.8) is 0 Å². The number of ketones is 1. The van der Waals surface area contributed by atoms with Crippen LogP contribution in [0, 0.1) is 11.8 Å². The summed E-state index contributed by atoms with van der Waals surface area (Å²) in [5.74, 6) is 0.981. The summed E-state index contributed by atoms with van der Waals surface area (Å²) in [4.78, 5) is 11.9. The lowest BCUT2D eigenvalue weighted by Gasteiger charge is -2.12. The van der Waals surface area contributed by atoms with Gasteiger partial charge in [0.25, 0.3) is 0 Å². The maximum absolute atomic E-state index is 11.9. The molecule has 76 valence electrons. The van der Waals surface area contributed by atoms with E-state index in [-0.39, 0.29) is 11.7 Å². The highest BCUT2D eigenvalue weighted by molar-refractivity contribution is 5.97. The molecule has 1 rings (SSSR count). The number of carbonyl (C=O) groups excluding carboxylic acids is 1. The van der Waals surface area contributed by atoms with Gasteiger partial charge in [-0.3, -0.25) is 4.79 Å². The van der Waals surface area contributed by atoms with Crippen LogP contribution in [0.25, 0.3) is 0 Å². The second-order valence-electron chi connectivity index (χ2n) is 4.26. The van der Waals surface area contributed by atoms with Crippen LogP contribution in [0.1, 0.15) is 37.6 Å². The van der Waals surface area contributed by atoms with E-state index in [0.717, 1.165) is 12.0 Å². The molecular formula is C13H18O. The van der Waals surface area contributed by atoms with E-state index in [9.17, 15) is 4.79 Å². The zero-order chi connectivity index (χ0) is 10.6. The van der Waals surface area contributed by atoms with Gasteiger partial charge in [0.05, 0.1) is 0 Å². The smallest absolute Gasteiger partial charge is 0.165 e. The first-order valence-electron chi connectivity index (χ1n) is 5.20. The van der Waals surface area contributed by atoms with Crippen molar-refractivity contribution in [2.24, 2.45) is 11.8 Å². The van der Waals surface area contributed by atoms with Crippen LogP contribution < -0.4 is 0 Å². The summed E-state index contributed by atoms with van der Waals surface area (Å²) < 4.78 is 0. The van der Waals surface area contributed by atoms with Crippen molar-refractivity contribution in [1.29, 1.82) is 0 Å². The Kier molecular flexibility index (Phi) is 3.87. The zero-order valence-corrected chi connectivity index (χ0v) is 9.16. The lowest BCUT2D eigenvalue weighted by Crippen LogP contribution is -2.13. The minimum absolute atomic E-state index is 0.136. The highest BCUT2D eigenvalue weighted by atomic mass is 16.1. The average molecular weight is 190 g/mol. The fourth-order valence-electron chi connectivity index (χ4n) is 1.70. The van der Waals surface area contributed by atoms with Gasteiger partial charge in [0, 0.05) is 11.5 Å². The predicted molar refractivity (Wildman–Crippen MR) is 59.4 cm³/mol. The van der Waals surface area contributed by atoms with Gasteiger partial charge in [-0.15, -0.1) is 0 Å². The molecule has 0 heterocycles. The Morgan fingerprint density at radius 3 is 2.21 bits per heavy atom. The van der Waals surface area contributed by atoms with Crippen LogP contribution >= 0.6 is 0 Å². The van der Waals surface area contributed by atoms with Crippen LogP contribution in [-0.4, -0.2) is 5.78 Å². The van der Waals surface area contributed by atoms with Gasteiger partial charge >= 0.3 is 0 Å². The van der Waals surface area contributed by atoms with Crippen LogP contribution in [0.4, 0.5) is 0 Å². The van der Waals surface area contributed by atoms with E-state index in [1.54, 1.807) is 0 Å². The van der Waals surface area contributed by atoms with E-state index in [4.69, 9.17) is 0 Å². The molecule has 0 saturated heterocycles. The third kappa shape index (κ3) is 2.99. The van der Waals surface area contributed by atoms with Crippen molar-refractivity contribution in [3.8, 4) is 0 Å². The van der Waals surface area contributed by atoms with Crippen molar-refractivity contribution >= 4 is 5.78 Å². The molecule has 0 fully saturated rings. The molecule has 0 aromatic heterocycles. The zero-order valence-electron chi connectivity index (χ0n) is 9.16. The summed E-state index contributed by atoms with van der Waals surface area (Å²) in [6, 6.07) is 9.53. The summed E-state index contributed by atoms with van der Waals surface area (Å²) in [5, 5.41) is 0. The van der Waals surface area contributed by atoms with Crippen molar-refractivity contribution < 1.29 is 4.79 Å². The van der Waals surface area contributed by atoms with E-state index < -0.39 is 0 Å². The predicted octanol–water partition coefficient (Wildman–Crippen LogP) is 3.55. The van der Waals surface area contributed by atoms with E-state index in [2.05, 4.69) is 13.8 Å². The van der Waals surface area contributed by atoms with Crippen LogP contribution in [0.2, 0.25) is 0 Å². The Bertz CT molecular complexity index is 287. The van der Waals surface area contributed by atoms with Crippen molar-refractivity contribution in [2.75, 3.05) is 0 Å². The molecule has 1 nitrogen and oxygen atoms in total. The highest BCUT2D eigenvalue weighted by Gasteiger charge is 2.15. The lowest BCUT2D eigenvalue weighted by molar-refractivity contribution is 0.0915. The summed E-state index contributed by atoms with van der Waals surface area (Å²) in [7, 11) is 0. The Balaban J connectivity index is 2.66. The van der Waals surface area contributed by atoms with E-state index in [1.807, 2.05) is 37.3 Å². The number of carbonyl (C=O) groups is 1. The SMILES string of the molecule is CC(C)C[C@@H](C)C(=O)c1ccccc1. The Morgan fingerprint density at radius 1 is 1.14 bits per heavy atom. The first kappa shape index (κ1) is 11.0. The molecule has 0 aliphatic carbocycles. The monoisotopic (exact) mass is 190 g/mol. The first-order valence-corrected chi connectivity index (χ1v) is 5.20. The number of hydrogen-bond donors (Lipinski definition) is 0. The number of rotatable bonds is 4. The molecule has 0 spiro atoms. The fraction of sp³-hybridized carbons (Fsp3) is 0.462. The van der Waals surface area contributed by atoms with Gasteiger partial charge in [-0.1, -0.05) is 51.1 Å². The topological polar surface area (TPSA) is 17.1 Å². The van der Waals surface area contributed by atoms with E-state index in [1.165, 1.54) is 0 Å². The highest BCUT2D eigenvalue weighted by Crippen LogP contribution is 2.16. The molecule has 0 N–H and O–H groups in total. The summed E-state index contributed by atoms with van der Waals surface area (Å²) in [6.45, 7) is 6.30. The van der Waals surface area contributed by atoms with Gasteiger partial charge in [-0.05, 0) is 12.3 Å². The quantitative estimate of drug-likeness (QED) is 0.663. The number of hydrogen-bond acceptors (Lipinski definition) is 1. The molecule has 1 heteroatoms. The molecule has 0 amide bonds. The molecule has 0 aliphatic heterocycles. The summed E-state index contributed by atoms with van der Waals surface area (Å²) in [5.41, 5.74) is 0.834. The number of Topliss-reactive ketones (excluding diaryl/α,β-unsaturated/α-hetero) is 1. The molecule has 0 unspecified atom stereocenters. The first-order chi connectivity index (χ1) is 6.61. The van der Waals surface area contributed by atoms with Crippen molar-refractivity contribution in [3.05, 3.63) is 35.9 Å². The van der Waals surface area contributed by atoms with Gasteiger partial charge in [0.15, 0.2) is 5.78 Å². The van der Waals surface area contributed by atoms with E-state index >= 15 is 0 Å². The van der Waals surface area contributed by atoms with E-state index in [0.29, 0.717) is 5.92 Å². The third-order valence-electron chi connectivity index (χ3n) is 2.33. The standard InChI is InChI=1S/C13H18O/c1-10(2)9-11(3)13(14)12-7-5-4-6-8-12/h4-8,10-11H,9H2,1-3H3/t11-/m1/s1. The fourth-order valence-corrected chi connectivity index (χ4v) is 1.70. The molecule has 0 aliphatic rings. The number of benzene rings is 1. The maximum atomic E-state index is 11.9. The lowest BCUT2D eigenvalue weighted by atomic mass is 9.91. The largest absolute Gasteiger partial charge is 0.294 e.